The summed E-state index contributed by atoms with van der Waals surface area (Å²) in [6.07, 6.45) is 1.61. The van der Waals surface area contributed by atoms with Crippen LogP contribution in [0.25, 0.3) is 21.9 Å². The number of hydrogen-bond donors (Lipinski definition) is 4. The van der Waals surface area contributed by atoms with Crippen molar-refractivity contribution in [1.29, 1.82) is 0 Å². The zero-order valence-corrected chi connectivity index (χ0v) is 12.4. The number of benzene rings is 2. The summed E-state index contributed by atoms with van der Waals surface area (Å²) in [5.41, 5.74) is 1.85. The Morgan fingerprint density at radius 3 is 2.61 bits per heavy atom. The van der Waals surface area contributed by atoms with Crippen LogP contribution in [0.2, 0.25) is 0 Å². The lowest BCUT2D eigenvalue weighted by Gasteiger charge is -2.08. The minimum Gasteiger partial charge on any atom is -0.306 e. The highest BCUT2D eigenvalue weighted by atomic mass is 32.2. The zero-order valence-electron chi connectivity index (χ0n) is 11.6. The van der Waals surface area contributed by atoms with Gasteiger partial charge in [-0.15, -0.1) is 0 Å². The average Bonchev–Trinajstić information content (AvgIpc) is 3.10. The number of nitrogens with zero attached hydrogens (tertiary/aromatic N) is 1. The summed E-state index contributed by atoms with van der Waals surface area (Å²) in [6, 6.07) is 9.46. The van der Waals surface area contributed by atoms with Crippen molar-refractivity contribution in [2.45, 2.75) is 4.90 Å². The standard InChI is InChI=1S/C14H11N5O3S/c20-14-16-12-4-2-10(6-13(12)17-14)23(21,22)19-9-1-3-11-8(5-9)7-15-18-11/h1-7,19H,(H,15,18)(H2,16,17,20). The topological polar surface area (TPSA) is 124 Å². The molecule has 4 aromatic rings. The fourth-order valence-electron chi connectivity index (χ4n) is 2.40. The van der Waals surface area contributed by atoms with Gasteiger partial charge in [0.05, 0.1) is 27.6 Å². The van der Waals surface area contributed by atoms with Gasteiger partial charge in [-0.1, -0.05) is 0 Å². The Balaban J connectivity index is 1.74. The van der Waals surface area contributed by atoms with Crippen molar-refractivity contribution >= 4 is 37.6 Å². The van der Waals surface area contributed by atoms with E-state index in [9.17, 15) is 13.2 Å². The molecule has 0 saturated carbocycles. The molecule has 0 aliphatic heterocycles. The Morgan fingerprint density at radius 2 is 1.74 bits per heavy atom. The number of imidazole rings is 1. The van der Waals surface area contributed by atoms with Crippen LogP contribution in [0.4, 0.5) is 5.69 Å². The monoisotopic (exact) mass is 329 g/mol. The summed E-state index contributed by atoms with van der Waals surface area (Å²) in [4.78, 5) is 16.4. The number of nitrogens with one attached hydrogen (secondary N) is 4. The van der Waals surface area contributed by atoms with Crippen LogP contribution in [0, 0.1) is 0 Å². The fourth-order valence-corrected chi connectivity index (χ4v) is 3.47. The summed E-state index contributed by atoms with van der Waals surface area (Å²) in [5, 5.41) is 7.49. The molecule has 2 aromatic heterocycles. The first kappa shape index (κ1) is 13.6. The molecule has 8 nitrogen and oxygen atoms in total. The van der Waals surface area contributed by atoms with Crippen LogP contribution in [-0.4, -0.2) is 28.6 Å². The molecule has 2 aromatic carbocycles. The van der Waals surface area contributed by atoms with E-state index in [1.807, 2.05) is 0 Å². The van der Waals surface area contributed by atoms with E-state index >= 15 is 0 Å². The third kappa shape index (κ3) is 2.36. The molecule has 0 saturated heterocycles. The van der Waals surface area contributed by atoms with E-state index in [1.54, 1.807) is 30.5 Å². The van der Waals surface area contributed by atoms with Gasteiger partial charge in [0.15, 0.2) is 0 Å². The minimum absolute atomic E-state index is 0.0625. The van der Waals surface area contributed by atoms with E-state index in [-0.39, 0.29) is 10.6 Å². The van der Waals surface area contributed by atoms with Crippen molar-refractivity contribution in [3.05, 3.63) is 53.1 Å². The van der Waals surface area contributed by atoms with Gasteiger partial charge in [0, 0.05) is 11.1 Å². The Labute approximate surface area is 129 Å². The van der Waals surface area contributed by atoms with Crippen molar-refractivity contribution in [2.24, 2.45) is 0 Å². The van der Waals surface area contributed by atoms with Crippen molar-refractivity contribution < 1.29 is 8.42 Å². The second-order valence-corrected chi connectivity index (χ2v) is 6.75. The largest absolute Gasteiger partial charge is 0.323 e. The second kappa shape index (κ2) is 4.71. The predicted octanol–water partition coefficient (Wildman–Crippen LogP) is 1.53. The summed E-state index contributed by atoms with van der Waals surface area (Å²) >= 11 is 0. The van der Waals surface area contributed by atoms with E-state index in [4.69, 9.17) is 0 Å². The van der Waals surface area contributed by atoms with Gasteiger partial charge in [0.1, 0.15) is 0 Å². The SMILES string of the molecule is O=c1[nH]c2ccc(S(=O)(=O)Nc3ccc4[nH]ncc4c3)cc2[nH]1. The van der Waals surface area contributed by atoms with Gasteiger partial charge in [-0.2, -0.15) is 5.10 Å². The van der Waals surface area contributed by atoms with E-state index in [1.165, 1.54) is 12.1 Å². The Bertz CT molecular complexity index is 1190. The maximum absolute atomic E-state index is 12.5. The first-order chi connectivity index (χ1) is 11.0. The molecule has 0 aliphatic carbocycles. The highest BCUT2D eigenvalue weighted by Crippen LogP contribution is 2.21. The van der Waals surface area contributed by atoms with Crippen LogP contribution in [0.15, 0.2) is 52.3 Å². The first-order valence-corrected chi connectivity index (χ1v) is 8.18. The van der Waals surface area contributed by atoms with Gasteiger partial charge < -0.3 is 9.97 Å². The molecule has 0 radical (unpaired) electrons. The van der Waals surface area contributed by atoms with Crippen molar-refractivity contribution in [1.82, 2.24) is 20.2 Å². The van der Waals surface area contributed by atoms with Crippen LogP contribution in [0.5, 0.6) is 0 Å². The summed E-state index contributed by atoms with van der Waals surface area (Å²) in [6.45, 7) is 0. The molecule has 0 unspecified atom stereocenters. The second-order valence-electron chi connectivity index (χ2n) is 5.06. The summed E-state index contributed by atoms with van der Waals surface area (Å²) < 4.78 is 27.5. The van der Waals surface area contributed by atoms with Crippen molar-refractivity contribution in [3.8, 4) is 0 Å². The van der Waals surface area contributed by atoms with E-state index in [0.29, 0.717) is 16.7 Å². The zero-order chi connectivity index (χ0) is 16.0. The molecule has 116 valence electrons. The quantitative estimate of drug-likeness (QED) is 0.455. The molecular weight excluding hydrogens is 318 g/mol. The van der Waals surface area contributed by atoms with E-state index in [0.717, 1.165) is 10.9 Å². The van der Waals surface area contributed by atoms with Crippen LogP contribution < -0.4 is 10.4 Å². The molecule has 2 heterocycles. The number of anilines is 1. The number of hydrogen-bond acceptors (Lipinski definition) is 4. The van der Waals surface area contributed by atoms with Gasteiger partial charge in [0.2, 0.25) is 0 Å². The molecule has 23 heavy (non-hydrogen) atoms. The number of sulfonamides is 1. The van der Waals surface area contributed by atoms with Gasteiger partial charge >= 0.3 is 5.69 Å². The third-order valence-corrected chi connectivity index (χ3v) is 4.87. The number of H-pyrrole nitrogens is 3. The smallest absolute Gasteiger partial charge is 0.306 e. The van der Waals surface area contributed by atoms with Crippen LogP contribution in [0.3, 0.4) is 0 Å². The van der Waals surface area contributed by atoms with Crippen molar-refractivity contribution in [3.63, 3.8) is 0 Å². The Kier molecular flexibility index (Phi) is 2.78. The van der Waals surface area contributed by atoms with Gasteiger partial charge in [-0.05, 0) is 36.4 Å². The minimum atomic E-state index is -3.76. The molecule has 0 spiro atoms. The molecule has 0 fully saturated rings. The average molecular weight is 329 g/mol. The van der Waals surface area contributed by atoms with Crippen LogP contribution in [-0.2, 0) is 10.0 Å². The summed E-state index contributed by atoms with van der Waals surface area (Å²) in [7, 11) is -3.76. The molecule has 0 amide bonds. The molecule has 4 rings (SSSR count). The Morgan fingerprint density at radius 1 is 0.957 bits per heavy atom. The molecule has 0 atom stereocenters. The Hall–Kier alpha value is -3.07. The maximum Gasteiger partial charge on any atom is 0.323 e. The van der Waals surface area contributed by atoms with Gasteiger partial charge in [-0.25, -0.2) is 13.2 Å². The lowest BCUT2D eigenvalue weighted by Crippen LogP contribution is -2.12. The van der Waals surface area contributed by atoms with Crippen LogP contribution >= 0.6 is 0 Å². The lowest BCUT2D eigenvalue weighted by molar-refractivity contribution is 0.601. The predicted molar refractivity (Wildman–Crippen MR) is 85.8 cm³/mol. The highest BCUT2D eigenvalue weighted by Gasteiger charge is 2.15. The maximum atomic E-state index is 12.5. The lowest BCUT2D eigenvalue weighted by atomic mass is 10.2. The van der Waals surface area contributed by atoms with E-state index < -0.39 is 10.0 Å². The first-order valence-electron chi connectivity index (χ1n) is 6.69. The fraction of sp³-hybridized carbons (Fsp3) is 0. The highest BCUT2D eigenvalue weighted by molar-refractivity contribution is 7.92. The number of aromatic nitrogens is 4. The molecule has 0 aliphatic rings. The van der Waals surface area contributed by atoms with Gasteiger partial charge in [-0.3, -0.25) is 9.82 Å². The number of rotatable bonds is 3. The number of fused-ring (bicyclic) bond motifs is 2. The molecule has 0 bridgehead atoms. The molecule has 9 heteroatoms. The number of aromatic amines is 3. The van der Waals surface area contributed by atoms with Gasteiger partial charge in [0.25, 0.3) is 10.0 Å². The van der Waals surface area contributed by atoms with Crippen molar-refractivity contribution in [2.75, 3.05) is 4.72 Å². The molecular formula is C14H11N5O3S. The van der Waals surface area contributed by atoms with E-state index in [2.05, 4.69) is 24.9 Å². The third-order valence-electron chi connectivity index (χ3n) is 3.49. The summed E-state index contributed by atoms with van der Waals surface area (Å²) in [5.74, 6) is 0. The van der Waals surface area contributed by atoms with Crippen LogP contribution in [0.1, 0.15) is 0 Å². The normalized spacial score (nSPS) is 12.0. The molecule has 4 N–H and O–H groups in total.